The summed E-state index contributed by atoms with van der Waals surface area (Å²) < 4.78 is 0. The van der Waals surface area contributed by atoms with Gasteiger partial charge in [0.2, 0.25) is 0 Å². The summed E-state index contributed by atoms with van der Waals surface area (Å²) in [6.07, 6.45) is 3.38. The topological polar surface area (TPSA) is 109 Å². The molecule has 0 aliphatic carbocycles. The van der Waals surface area contributed by atoms with Crippen LogP contribution >= 0.6 is 0 Å². The summed E-state index contributed by atoms with van der Waals surface area (Å²) in [6, 6.07) is 12.2. The van der Waals surface area contributed by atoms with Crippen LogP contribution in [0.4, 0.5) is 0 Å². The number of aromatic nitrogens is 4. The first-order chi connectivity index (χ1) is 13.7. The number of rotatable bonds is 2. The van der Waals surface area contributed by atoms with Crippen molar-refractivity contribution in [1.82, 2.24) is 19.9 Å². The van der Waals surface area contributed by atoms with Crippen LogP contribution in [-0.2, 0) is 13.1 Å². The minimum atomic E-state index is 0.372. The Morgan fingerprint density at radius 1 is 0.679 bits per heavy atom. The van der Waals surface area contributed by atoms with E-state index in [2.05, 4.69) is 55.8 Å². The number of benzene rings is 2. The van der Waals surface area contributed by atoms with Crippen molar-refractivity contribution in [2.24, 2.45) is 11.5 Å². The molecule has 0 amide bonds. The number of H-pyrrole nitrogens is 2. The number of nitrogens with two attached hydrogens (primary N) is 2. The summed E-state index contributed by atoms with van der Waals surface area (Å²) in [5.74, 6) is 13.9. The van der Waals surface area contributed by atoms with Gasteiger partial charge < -0.3 is 21.4 Å². The van der Waals surface area contributed by atoms with Gasteiger partial charge in [-0.2, -0.15) is 0 Å². The van der Waals surface area contributed by atoms with E-state index in [0.717, 1.165) is 44.9 Å². The molecule has 6 nitrogen and oxygen atoms in total. The molecule has 4 aromatic rings. The quantitative estimate of drug-likeness (QED) is 0.407. The van der Waals surface area contributed by atoms with Crippen LogP contribution in [0.1, 0.15) is 34.2 Å². The SMILES string of the molecule is NCc1ncc(C#Cc2ccc3cc(C#Cc4cnc(CN)[nH]4)ccc3c2)[nH]1. The van der Waals surface area contributed by atoms with E-state index >= 15 is 0 Å². The zero-order valence-electron chi connectivity index (χ0n) is 15.1. The van der Waals surface area contributed by atoms with Crippen molar-refractivity contribution in [2.45, 2.75) is 13.1 Å². The number of hydrogen-bond acceptors (Lipinski definition) is 4. The molecule has 0 fully saturated rings. The predicted molar refractivity (Wildman–Crippen MR) is 109 cm³/mol. The van der Waals surface area contributed by atoms with Gasteiger partial charge in [-0.25, -0.2) is 9.97 Å². The highest BCUT2D eigenvalue weighted by molar-refractivity contribution is 5.85. The van der Waals surface area contributed by atoms with Gasteiger partial charge in [0.15, 0.2) is 0 Å². The number of hydrogen-bond donors (Lipinski definition) is 4. The van der Waals surface area contributed by atoms with Crippen molar-refractivity contribution in [1.29, 1.82) is 0 Å². The fraction of sp³-hybridized carbons (Fsp3) is 0.0909. The molecular weight excluding hydrogens is 348 g/mol. The van der Waals surface area contributed by atoms with Gasteiger partial charge in [0.1, 0.15) is 23.0 Å². The zero-order chi connectivity index (χ0) is 19.3. The number of fused-ring (bicyclic) bond motifs is 1. The van der Waals surface area contributed by atoms with E-state index in [-0.39, 0.29) is 0 Å². The molecule has 0 saturated carbocycles. The maximum Gasteiger partial charge on any atom is 0.120 e. The van der Waals surface area contributed by atoms with E-state index in [1.54, 1.807) is 12.4 Å². The second-order valence-electron chi connectivity index (χ2n) is 6.17. The Morgan fingerprint density at radius 2 is 1.14 bits per heavy atom. The predicted octanol–water partition coefficient (Wildman–Crippen LogP) is 2.00. The molecule has 136 valence electrons. The van der Waals surface area contributed by atoms with Gasteiger partial charge in [-0.3, -0.25) is 0 Å². The number of nitrogens with one attached hydrogen (secondary N) is 2. The second kappa shape index (κ2) is 7.81. The smallest absolute Gasteiger partial charge is 0.120 e. The highest BCUT2D eigenvalue weighted by Gasteiger charge is 1.99. The maximum absolute atomic E-state index is 5.55. The minimum Gasteiger partial charge on any atom is -0.334 e. The molecule has 0 atom stereocenters. The summed E-state index contributed by atoms with van der Waals surface area (Å²) >= 11 is 0. The van der Waals surface area contributed by atoms with Crippen LogP contribution in [-0.4, -0.2) is 19.9 Å². The number of aromatic amines is 2. The summed E-state index contributed by atoms with van der Waals surface area (Å²) in [5.41, 5.74) is 14.5. The third-order valence-corrected chi connectivity index (χ3v) is 4.17. The highest BCUT2D eigenvalue weighted by atomic mass is 14.9. The van der Waals surface area contributed by atoms with Crippen molar-refractivity contribution in [3.8, 4) is 23.7 Å². The lowest BCUT2D eigenvalue weighted by Gasteiger charge is -1.99. The lowest BCUT2D eigenvalue weighted by Crippen LogP contribution is -1.97. The third kappa shape index (κ3) is 3.94. The zero-order valence-corrected chi connectivity index (χ0v) is 15.1. The summed E-state index contributed by atoms with van der Waals surface area (Å²) in [5, 5.41) is 2.22. The van der Waals surface area contributed by atoms with Crippen molar-refractivity contribution in [2.75, 3.05) is 0 Å². The normalized spacial score (nSPS) is 10.2. The molecular formula is C22H18N6. The van der Waals surface area contributed by atoms with E-state index in [0.29, 0.717) is 13.1 Å². The Labute approximate surface area is 162 Å². The van der Waals surface area contributed by atoms with E-state index in [1.807, 2.05) is 24.3 Å². The fourth-order valence-corrected chi connectivity index (χ4v) is 2.74. The molecule has 6 N–H and O–H groups in total. The molecule has 2 heterocycles. The molecule has 0 radical (unpaired) electrons. The molecule has 2 aromatic heterocycles. The molecule has 0 bridgehead atoms. The van der Waals surface area contributed by atoms with Gasteiger partial charge in [-0.15, -0.1) is 0 Å². The first-order valence-electron chi connectivity index (χ1n) is 8.79. The van der Waals surface area contributed by atoms with Crippen LogP contribution in [0.15, 0.2) is 48.8 Å². The van der Waals surface area contributed by atoms with Gasteiger partial charge in [-0.05, 0) is 46.9 Å². The average Bonchev–Trinajstić information content (AvgIpc) is 3.39. The number of nitrogens with zero attached hydrogens (tertiary/aromatic N) is 2. The first-order valence-corrected chi connectivity index (χ1v) is 8.79. The minimum absolute atomic E-state index is 0.372. The van der Waals surface area contributed by atoms with Gasteiger partial charge in [0, 0.05) is 11.1 Å². The van der Waals surface area contributed by atoms with E-state index < -0.39 is 0 Å². The largest absolute Gasteiger partial charge is 0.334 e. The van der Waals surface area contributed by atoms with Gasteiger partial charge >= 0.3 is 0 Å². The van der Waals surface area contributed by atoms with Gasteiger partial charge in [-0.1, -0.05) is 24.0 Å². The second-order valence-corrected chi connectivity index (χ2v) is 6.17. The maximum atomic E-state index is 5.55. The van der Waals surface area contributed by atoms with Crippen LogP contribution in [0.5, 0.6) is 0 Å². The number of imidazole rings is 2. The van der Waals surface area contributed by atoms with E-state index in [9.17, 15) is 0 Å². The molecule has 4 rings (SSSR count). The Morgan fingerprint density at radius 3 is 1.54 bits per heavy atom. The summed E-state index contributed by atoms with van der Waals surface area (Å²) in [7, 11) is 0. The molecule has 0 aliphatic heterocycles. The molecule has 28 heavy (non-hydrogen) atoms. The molecule has 0 aliphatic rings. The molecule has 0 spiro atoms. The van der Waals surface area contributed by atoms with Gasteiger partial charge in [0.25, 0.3) is 0 Å². The highest BCUT2D eigenvalue weighted by Crippen LogP contribution is 2.17. The Kier molecular flexibility index (Phi) is 4.90. The molecule has 0 unspecified atom stereocenters. The van der Waals surface area contributed by atoms with Crippen LogP contribution in [0.25, 0.3) is 10.8 Å². The average molecular weight is 366 g/mol. The van der Waals surface area contributed by atoms with Gasteiger partial charge in [0.05, 0.1) is 25.5 Å². The van der Waals surface area contributed by atoms with Crippen LogP contribution in [0.3, 0.4) is 0 Å². The molecule has 2 aromatic carbocycles. The van der Waals surface area contributed by atoms with Crippen LogP contribution < -0.4 is 11.5 Å². The van der Waals surface area contributed by atoms with Crippen molar-refractivity contribution in [3.05, 3.63) is 83.0 Å². The fourth-order valence-electron chi connectivity index (χ4n) is 2.74. The Balaban J connectivity index is 1.56. The summed E-state index contributed by atoms with van der Waals surface area (Å²) in [6.45, 7) is 0.745. The first kappa shape index (κ1) is 17.6. The molecule has 0 saturated heterocycles. The van der Waals surface area contributed by atoms with Crippen molar-refractivity contribution >= 4 is 10.8 Å². The molecule has 6 heteroatoms. The van der Waals surface area contributed by atoms with Crippen LogP contribution in [0, 0.1) is 23.7 Å². The van der Waals surface area contributed by atoms with Crippen LogP contribution in [0.2, 0.25) is 0 Å². The van der Waals surface area contributed by atoms with Crippen molar-refractivity contribution in [3.63, 3.8) is 0 Å². The monoisotopic (exact) mass is 366 g/mol. The standard InChI is InChI=1S/C22H18N6/c23-11-21-25-13-19(27-21)7-3-15-1-5-17-10-16(2-6-18(17)9-15)4-8-20-14-26-22(12-24)28-20/h1-2,5-6,9-10,13-14H,11-12,23-24H2,(H,25,27)(H,26,28). The Hall–Kier alpha value is -3.84. The van der Waals surface area contributed by atoms with E-state index in [4.69, 9.17) is 11.5 Å². The summed E-state index contributed by atoms with van der Waals surface area (Å²) in [4.78, 5) is 14.4. The lowest BCUT2D eigenvalue weighted by atomic mass is 10.0. The van der Waals surface area contributed by atoms with Crippen molar-refractivity contribution < 1.29 is 0 Å². The van der Waals surface area contributed by atoms with E-state index in [1.165, 1.54) is 0 Å². The third-order valence-electron chi connectivity index (χ3n) is 4.17. The lowest BCUT2D eigenvalue weighted by molar-refractivity contribution is 0.948. The Bertz CT molecular complexity index is 1160.